The highest BCUT2D eigenvalue weighted by molar-refractivity contribution is 6.27. The van der Waals surface area contributed by atoms with E-state index in [4.69, 9.17) is 4.74 Å². The molecule has 8 heteroatoms. The van der Waals surface area contributed by atoms with Crippen molar-refractivity contribution in [1.29, 1.82) is 0 Å². The van der Waals surface area contributed by atoms with Gasteiger partial charge in [0.2, 0.25) is 0 Å². The van der Waals surface area contributed by atoms with Gasteiger partial charge in [0.25, 0.3) is 5.69 Å². The predicted octanol–water partition coefficient (Wildman–Crippen LogP) is 3.66. The number of halogens is 2. The lowest BCUT2D eigenvalue weighted by atomic mass is 9.96. The maximum Gasteiger partial charge on any atom is 0.387 e. The second-order valence-corrected chi connectivity index (χ2v) is 5.14. The first kappa shape index (κ1) is 16.6. The van der Waals surface area contributed by atoms with E-state index in [0.717, 1.165) is 0 Å². The summed E-state index contributed by atoms with van der Waals surface area (Å²) in [6.45, 7) is -2.89. The number of rotatable bonds is 5. The average molecular weight is 347 g/mol. The van der Waals surface area contributed by atoms with Crippen LogP contribution in [0.15, 0.2) is 48.5 Å². The molecule has 0 N–H and O–H groups in total. The largest absolute Gasteiger partial charge is 0.457 e. The Morgan fingerprint density at radius 3 is 2.20 bits per heavy atom. The van der Waals surface area contributed by atoms with Crippen LogP contribution in [-0.4, -0.2) is 24.1 Å². The van der Waals surface area contributed by atoms with Gasteiger partial charge in [-0.1, -0.05) is 12.1 Å². The molecule has 0 saturated heterocycles. The Hall–Kier alpha value is -3.29. The number of benzene rings is 2. The molecule has 0 amide bonds. The fourth-order valence-electron chi connectivity index (χ4n) is 2.51. The summed E-state index contributed by atoms with van der Waals surface area (Å²) >= 11 is 0. The number of alkyl halides is 2. The minimum atomic E-state index is -2.92. The van der Waals surface area contributed by atoms with Gasteiger partial charge in [0.05, 0.1) is 10.5 Å². The van der Waals surface area contributed by atoms with Crippen molar-refractivity contribution >= 4 is 22.8 Å². The quantitative estimate of drug-likeness (QED) is 0.468. The van der Waals surface area contributed by atoms with Gasteiger partial charge in [0.15, 0.2) is 0 Å². The minimum Gasteiger partial charge on any atom is -0.457 e. The van der Waals surface area contributed by atoms with E-state index in [1.54, 1.807) is 12.1 Å². The van der Waals surface area contributed by atoms with E-state index in [9.17, 15) is 23.7 Å². The van der Waals surface area contributed by atoms with Crippen molar-refractivity contribution in [2.45, 2.75) is 6.61 Å². The number of carbonyl (C=O) groups excluding carboxylic acids is 1. The van der Waals surface area contributed by atoms with Crippen LogP contribution in [0.2, 0.25) is 0 Å². The topological polar surface area (TPSA) is 78.7 Å². The lowest BCUT2D eigenvalue weighted by Crippen LogP contribution is -2.01. The van der Waals surface area contributed by atoms with E-state index >= 15 is 0 Å². The van der Waals surface area contributed by atoms with E-state index in [2.05, 4.69) is 4.74 Å². The Bertz CT molecular complexity index is 844. The molecule has 25 heavy (non-hydrogen) atoms. The number of nitro benzene ring substituents is 1. The number of ether oxygens (including phenoxy) is 2. The van der Waals surface area contributed by atoms with Gasteiger partial charge in [0, 0.05) is 17.7 Å². The molecule has 0 unspecified atom stereocenters. The summed E-state index contributed by atoms with van der Waals surface area (Å²) in [6, 6.07) is 11.3. The second-order valence-electron chi connectivity index (χ2n) is 5.14. The summed E-state index contributed by atoms with van der Waals surface area (Å²) in [5.41, 5.74) is 1.86. The molecule has 0 atom stereocenters. The van der Waals surface area contributed by atoms with Crippen molar-refractivity contribution in [2.24, 2.45) is 0 Å². The molecule has 0 bridgehead atoms. The van der Waals surface area contributed by atoms with Gasteiger partial charge < -0.3 is 9.47 Å². The molecule has 0 radical (unpaired) electrons. The zero-order valence-corrected chi connectivity index (χ0v) is 12.6. The smallest absolute Gasteiger partial charge is 0.387 e. The first-order valence-electron chi connectivity index (χ1n) is 7.16. The van der Waals surface area contributed by atoms with E-state index < -0.39 is 17.5 Å². The number of non-ortho nitro benzene ring substituents is 1. The Morgan fingerprint density at radius 1 is 1.04 bits per heavy atom. The molecule has 1 heterocycles. The van der Waals surface area contributed by atoms with Gasteiger partial charge in [-0.2, -0.15) is 8.78 Å². The van der Waals surface area contributed by atoms with Crippen molar-refractivity contribution in [3.8, 4) is 5.75 Å². The third-order valence-corrected chi connectivity index (χ3v) is 3.65. The molecular formula is C17H11F2NO5. The zero-order valence-electron chi connectivity index (χ0n) is 12.6. The van der Waals surface area contributed by atoms with Gasteiger partial charge in [-0.05, 0) is 35.4 Å². The molecule has 0 saturated carbocycles. The predicted molar refractivity (Wildman–Crippen MR) is 83.9 cm³/mol. The molecule has 2 aromatic carbocycles. The number of hydrogen-bond donors (Lipinski definition) is 0. The number of nitro groups is 1. The Labute approximate surface area is 140 Å². The number of nitrogens with zero attached hydrogens (tertiary/aromatic N) is 1. The minimum absolute atomic E-state index is 0.00137. The molecule has 1 aliphatic rings. The average Bonchev–Trinajstić information content (AvgIpc) is 2.96. The Morgan fingerprint density at radius 2 is 1.64 bits per heavy atom. The van der Waals surface area contributed by atoms with Crippen LogP contribution in [0.25, 0.3) is 11.1 Å². The molecular weight excluding hydrogens is 336 g/mol. The molecule has 0 aliphatic carbocycles. The van der Waals surface area contributed by atoms with Crippen LogP contribution in [0.5, 0.6) is 5.75 Å². The molecule has 0 spiro atoms. The molecule has 6 nitrogen and oxygen atoms in total. The standard InChI is InChI=1S/C17H11F2NO5/c18-17(19)25-13-7-3-10(4-8-13)14-9-24-16(21)15(14)11-1-5-12(6-2-11)20(22)23/h1-8,17H,9H2. The normalized spacial score (nSPS) is 14.0. The maximum absolute atomic E-state index is 12.2. The molecule has 0 fully saturated rings. The van der Waals surface area contributed by atoms with Crippen LogP contribution in [0.4, 0.5) is 14.5 Å². The number of esters is 1. The van der Waals surface area contributed by atoms with E-state index in [0.29, 0.717) is 16.7 Å². The molecule has 1 aliphatic heterocycles. The Kier molecular flexibility index (Phi) is 4.42. The number of hydrogen-bond acceptors (Lipinski definition) is 5. The molecule has 2 aromatic rings. The number of carbonyl (C=O) groups is 1. The van der Waals surface area contributed by atoms with E-state index in [1.165, 1.54) is 36.4 Å². The lowest BCUT2D eigenvalue weighted by Gasteiger charge is -2.07. The highest BCUT2D eigenvalue weighted by atomic mass is 19.3. The van der Waals surface area contributed by atoms with Gasteiger partial charge in [0.1, 0.15) is 12.4 Å². The summed E-state index contributed by atoms with van der Waals surface area (Å²) in [5, 5.41) is 10.7. The van der Waals surface area contributed by atoms with Crippen molar-refractivity contribution in [2.75, 3.05) is 6.61 Å². The number of cyclic esters (lactones) is 1. The first-order valence-corrected chi connectivity index (χ1v) is 7.16. The van der Waals surface area contributed by atoms with Crippen LogP contribution in [-0.2, 0) is 9.53 Å². The van der Waals surface area contributed by atoms with Crippen LogP contribution in [0.3, 0.4) is 0 Å². The monoisotopic (exact) mass is 347 g/mol. The SMILES string of the molecule is O=C1OCC(c2ccc(OC(F)F)cc2)=C1c1ccc([N+](=O)[O-])cc1. The van der Waals surface area contributed by atoms with Crippen LogP contribution in [0.1, 0.15) is 11.1 Å². The van der Waals surface area contributed by atoms with E-state index in [-0.39, 0.29) is 23.6 Å². The first-order chi connectivity index (χ1) is 12.0. The fraction of sp³-hybridized carbons (Fsp3) is 0.118. The summed E-state index contributed by atoms with van der Waals surface area (Å²) in [6.07, 6.45) is 0. The summed E-state index contributed by atoms with van der Waals surface area (Å²) < 4.78 is 33.8. The highest BCUT2D eigenvalue weighted by Gasteiger charge is 2.27. The van der Waals surface area contributed by atoms with Crippen molar-refractivity contribution < 1.29 is 28.0 Å². The van der Waals surface area contributed by atoms with E-state index in [1.807, 2.05) is 0 Å². The summed E-state index contributed by atoms with van der Waals surface area (Å²) in [4.78, 5) is 22.2. The molecule has 0 aromatic heterocycles. The summed E-state index contributed by atoms with van der Waals surface area (Å²) in [7, 11) is 0. The third kappa shape index (κ3) is 3.47. The molecule has 3 rings (SSSR count). The van der Waals surface area contributed by atoms with Crippen molar-refractivity contribution in [3.05, 3.63) is 69.8 Å². The third-order valence-electron chi connectivity index (χ3n) is 3.65. The van der Waals surface area contributed by atoms with Crippen molar-refractivity contribution in [1.82, 2.24) is 0 Å². The van der Waals surface area contributed by atoms with Crippen LogP contribution >= 0.6 is 0 Å². The zero-order chi connectivity index (χ0) is 18.0. The van der Waals surface area contributed by atoms with Gasteiger partial charge in [-0.15, -0.1) is 0 Å². The summed E-state index contributed by atoms with van der Waals surface area (Å²) in [5.74, 6) is -0.543. The lowest BCUT2D eigenvalue weighted by molar-refractivity contribution is -0.384. The van der Waals surface area contributed by atoms with Gasteiger partial charge in [-0.25, -0.2) is 4.79 Å². The highest BCUT2D eigenvalue weighted by Crippen LogP contribution is 2.34. The van der Waals surface area contributed by atoms with Gasteiger partial charge in [-0.3, -0.25) is 10.1 Å². The maximum atomic E-state index is 12.2. The Balaban J connectivity index is 1.97. The van der Waals surface area contributed by atoms with Crippen LogP contribution < -0.4 is 4.74 Å². The molecule has 128 valence electrons. The second kappa shape index (κ2) is 6.68. The van der Waals surface area contributed by atoms with Crippen molar-refractivity contribution in [3.63, 3.8) is 0 Å². The fourth-order valence-corrected chi connectivity index (χ4v) is 2.51. The van der Waals surface area contributed by atoms with Gasteiger partial charge >= 0.3 is 12.6 Å². The van der Waals surface area contributed by atoms with Crippen LogP contribution in [0, 0.1) is 10.1 Å².